The molecule has 136 valence electrons. The summed E-state index contributed by atoms with van der Waals surface area (Å²) in [4.78, 5) is 13.7. The molecule has 5 nitrogen and oxygen atoms in total. The Morgan fingerprint density at radius 1 is 1.46 bits per heavy atom. The van der Waals surface area contributed by atoms with E-state index < -0.39 is 11.6 Å². The van der Waals surface area contributed by atoms with Gasteiger partial charge in [-0.05, 0) is 29.7 Å². The van der Waals surface area contributed by atoms with E-state index in [1.807, 2.05) is 18.2 Å². The van der Waals surface area contributed by atoms with Crippen molar-refractivity contribution in [3.05, 3.63) is 48.6 Å². The lowest BCUT2D eigenvalue weighted by Crippen LogP contribution is -2.51. The molecule has 0 N–H and O–H groups in total. The van der Waals surface area contributed by atoms with E-state index in [-0.39, 0.29) is 12.8 Å². The van der Waals surface area contributed by atoms with Crippen LogP contribution < -0.4 is 9.47 Å². The van der Waals surface area contributed by atoms with Crippen molar-refractivity contribution in [2.24, 2.45) is 0 Å². The van der Waals surface area contributed by atoms with E-state index in [1.165, 1.54) is 6.92 Å². The van der Waals surface area contributed by atoms with Gasteiger partial charge in [-0.25, -0.2) is 0 Å². The average Bonchev–Trinajstić information content (AvgIpc) is 3.08. The minimum atomic E-state index is -0.753. The largest absolute Gasteiger partial charge is 0.458 e. The SMILES string of the molecule is C#CC1(C[C@@H](C=C)OC(C)=O)c2cc3c(cc2CCN1CC=C)OCO3. The Morgan fingerprint density at radius 2 is 2.19 bits per heavy atom. The van der Waals surface area contributed by atoms with Crippen LogP contribution in [0.3, 0.4) is 0 Å². The molecule has 0 radical (unpaired) electrons. The molecule has 1 aromatic rings. The van der Waals surface area contributed by atoms with Crippen molar-refractivity contribution in [1.82, 2.24) is 4.90 Å². The number of ether oxygens (including phenoxy) is 3. The summed E-state index contributed by atoms with van der Waals surface area (Å²) < 4.78 is 16.5. The highest BCUT2D eigenvalue weighted by Gasteiger charge is 2.44. The Kier molecular flexibility index (Phi) is 5.06. The van der Waals surface area contributed by atoms with E-state index in [0.717, 1.165) is 29.8 Å². The third-order valence-electron chi connectivity index (χ3n) is 4.90. The Balaban J connectivity index is 2.09. The number of benzene rings is 1. The quantitative estimate of drug-likeness (QED) is 0.447. The van der Waals surface area contributed by atoms with Crippen LogP contribution in [0.4, 0.5) is 0 Å². The van der Waals surface area contributed by atoms with Crippen LogP contribution in [0, 0.1) is 12.3 Å². The van der Waals surface area contributed by atoms with Gasteiger partial charge in [-0.3, -0.25) is 9.69 Å². The molecule has 5 heteroatoms. The van der Waals surface area contributed by atoms with E-state index in [0.29, 0.717) is 18.7 Å². The highest BCUT2D eigenvalue weighted by Crippen LogP contribution is 2.45. The summed E-state index contributed by atoms with van der Waals surface area (Å²) in [6.45, 7) is 10.6. The summed E-state index contributed by atoms with van der Waals surface area (Å²) in [6.07, 6.45) is 10.3. The molecule has 0 aromatic heterocycles. The molecule has 0 amide bonds. The number of hydrogen-bond donors (Lipinski definition) is 0. The lowest BCUT2D eigenvalue weighted by Gasteiger charge is -2.45. The average molecular weight is 353 g/mol. The fraction of sp³-hybridized carbons (Fsp3) is 0.381. The van der Waals surface area contributed by atoms with Crippen molar-refractivity contribution < 1.29 is 19.0 Å². The van der Waals surface area contributed by atoms with Gasteiger partial charge < -0.3 is 14.2 Å². The summed E-state index contributed by atoms with van der Waals surface area (Å²) in [7, 11) is 0. The highest BCUT2D eigenvalue weighted by molar-refractivity contribution is 5.66. The van der Waals surface area contributed by atoms with E-state index in [1.54, 1.807) is 6.08 Å². The van der Waals surface area contributed by atoms with Crippen LogP contribution in [0.1, 0.15) is 24.5 Å². The number of nitrogens with zero attached hydrogens (tertiary/aromatic N) is 1. The maximum absolute atomic E-state index is 11.5. The van der Waals surface area contributed by atoms with Gasteiger partial charge in [0, 0.05) is 26.4 Å². The van der Waals surface area contributed by atoms with Crippen LogP contribution in [0.2, 0.25) is 0 Å². The first-order valence-corrected chi connectivity index (χ1v) is 8.60. The number of carbonyl (C=O) groups excluding carboxylic acids is 1. The number of carbonyl (C=O) groups is 1. The lowest BCUT2D eigenvalue weighted by atomic mass is 9.77. The number of esters is 1. The van der Waals surface area contributed by atoms with Gasteiger partial charge in [0.25, 0.3) is 0 Å². The number of hydrogen-bond acceptors (Lipinski definition) is 5. The van der Waals surface area contributed by atoms with Crippen LogP contribution in [0.15, 0.2) is 37.4 Å². The molecule has 1 aromatic carbocycles. The molecule has 2 aliphatic rings. The van der Waals surface area contributed by atoms with Gasteiger partial charge in [0.1, 0.15) is 11.6 Å². The molecule has 0 saturated carbocycles. The van der Waals surface area contributed by atoms with Crippen molar-refractivity contribution in [3.63, 3.8) is 0 Å². The van der Waals surface area contributed by atoms with Crippen LogP contribution in [0.5, 0.6) is 11.5 Å². The summed E-state index contributed by atoms with van der Waals surface area (Å²) in [5.41, 5.74) is 1.35. The van der Waals surface area contributed by atoms with Gasteiger partial charge >= 0.3 is 5.97 Å². The lowest BCUT2D eigenvalue weighted by molar-refractivity contribution is -0.145. The second-order valence-electron chi connectivity index (χ2n) is 6.44. The third kappa shape index (κ3) is 3.09. The first kappa shape index (κ1) is 18.1. The first-order valence-electron chi connectivity index (χ1n) is 8.60. The van der Waals surface area contributed by atoms with E-state index in [4.69, 9.17) is 20.6 Å². The van der Waals surface area contributed by atoms with Gasteiger partial charge in [-0.15, -0.1) is 13.0 Å². The summed E-state index contributed by atoms with van der Waals surface area (Å²) in [5, 5.41) is 0. The molecule has 2 atom stereocenters. The maximum atomic E-state index is 11.5. The molecule has 1 unspecified atom stereocenters. The van der Waals surface area contributed by atoms with Gasteiger partial charge in [0.05, 0.1) is 0 Å². The normalized spacial score (nSPS) is 22.0. The van der Waals surface area contributed by atoms with Crippen LogP contribution in [-0.4, -0.2) is 36.9 Å². The van der Waals surface area contributed by atoms with E-state index >= 15 is 0 Å². The fourth-order valence-corrected chi connectivity index (χ4v) is 3.74. The molecular formula is C21H23NO4. The zero-order valence-corrected chi connectivity index (χ0v) is 15.0. The molecule has 0 bridgehead atoms. The minimum Gasteiger partial charge on any atom is -0.458 e. The van der Waals surface area contributed by atoms with Crippen molar-refractivity contribution >= 4 is 5.97 Å². The van der Waals surface area contributed by atoms with E-state index in [2.05, 4.69) is 24.0 Å². The van der Waals surface area contributed by atoms with Crippen molar-refractivity contribution in [2.45, 2.75) is 31.4 Å². The van der Waals surface area contributed by atoms with Crippen LogP contribution >= 0.6 is 0 Å². The number of rotatable bonds is 6. The molecule has 0 aliphatic carbocycles. The van der Waals surface area contributed by atoms with Crippen molar-refractivity contribution in [2.75, 3.05) is 19.9 Å². The zero-order chi connectivity index (χ0) is 18.7. The predicted molar refractivity (Wildman–Crippen MR) is 98.9 cm³/mol. The number of terminal acetylenes is 1. The Hall–Kier alpha value is -2.71. The monoisotopic (exact) mass is 353 g/mol. The molecule has 2 heterocycles. The molecule has 26 heavy (non-hydrogen) atoms. The van der Waals surface area contributed by atoms with Gasteiger partial charge in [-0.1, -0.05) is 24.7 Å². The second kappa shape index (κ2) is 7.27. The van der Waals surface area contributed by atoms with Gasteiger partial charge in [0.15, 0.2) is 11.5 Å². The van der Waals surface area contributed by atoms with Crippen LogP contribution in [-0.2, 0) is 21.5 Å². The molecule has 2 aliphatic heterocycles. The standard InChI is InChI=1S/C21H23NO4/c1-5-9-22-10-8-16-11-19-20(25-14-24-19)12-18(16)21(22,7-3)13-17(6-2)26-15(4)23/h3,5-6,11-12,17H,1-2,8-10,13-14H2,4H3/t17-,21?/m1/s1. The molecule has 0 saturated heterocycles. The van der Waals surface area contributed by atoms with Crippen molar-refractivity contribution in [3.8, 4) is 23.8 Å². The summed E-state index contributed by atoms with van der Waals surface area (Å²) in [5.74, 6) is 4.05. The minimum absolute atomic E-state index is 0.209. The van der Waals surface area contributed by atoms with Gasteiger partial charge in [0.2, 0.25) is 6.79 Å². The summed E-state index contributed by atoms with van der Waals surface area (Å²) in [6, 6.07) is 3.96. The third-order valence-corrected chi connectivity index (χ3v) is 4.90. The Bertz CT molecular complexity index is 779. The van der Waals surface area contributed by atoms with Crippen LogP contribution in [0.25, 0.3) is 0 Å². The zero-order valence-electron chi connectivity index (χ0n) is 15.0. The highest BCUT2D eigenvalue weighted by atomic mass is 16.7. The maximum Gasteiger partial charge on any atom is 0.303 e. The fourth-order valence-electron chi connectivity index (χ4n) is 3.74. The van der Waals surface area contributed by atoms with Crippen molar-refractivity contribution in [1.29, 1.82) is 0 Å². The second-order valence-corrected chi connectivity index (χ2v) is 6.44. The molecule has 3 rings (SSSR count). The molecular weight excluding hydrogens is 330 g/mol. The Labute approximate surface area is 154 Å². The van der Waals surface area contributed by atoms with Gasteiger partial charge in [-0.2, -0.15) is 0 Å². The smallest absolute Gasteiger partial charge is 0.303 e. The first-order chi connectivity index (χ1) is 12.5. The molecule has 0 spiro atoms. The topological polar surface area (TPSA) is 48.0 Å². The predicted octanol–water partition coefficient (Wildman–Crippen LogP) is 2.80. The number of fused-ring (bicyclic) bond motifs is 2. The Morgan fingerprint density at radius 3 is 2.81 bits per heavy atom. The summed E-state index contributed by atoms with van der Waals surface area (Å²) >= 11 is 0. The van der Waals surface area contributed by atoms with E-state index in [9.17, 15) is 4.79 Å². The molecule has 0 fully saturated rings.